The molecule has 1 N–H and O–H groups in total. The summed E-state index contributed by atoms with van der Waals surface area (Å²) in [5.74, 6) is -0.459. The van der Waals surface area contributed by atoms with Crippen LogP contribution in [0.2, 0.25) is 0 Å². The van der Waals surface area contributed by atoms with Gasteiger partial charge in [0.1, 0.15) is 23.5 Å². The number of fused-ring (bicyclic) bond motifs is 2. The molecule has 1 atom stereocenters. The average Bonchev–Trinajstić information content (AvgIpc) is 2.84. The largest absolute Gasteiger partial charge is 0.490 e. The van der Waals surface area contributed by atoms with Crippen molar-refractivity contribution in [2.24, 2.45) is 0 Å². The van der Waals surface area contributed by atoms with E-state index in [0.717, 1.165) is 0 Å². The van der Waals surface area contributed by atoms with Gasteiger partial charge in [-0.2, -0.15) is 0 Å². The predicted octanol–water partition coefficient (Wildman–Crippen LogP) is 2.24. The van der Waals surface area contributed by atoms with Crippen molar-refractivity contribution in [1.29, 1.82) is 0 Å². The predicted molar refractivity (Wildman–Crippen MR) is 84.3 cm³/mol. The summed E-state index contributed by atoms with van der Waals surface area (Å²) in [6.07, 6.45) is -0.456. The molecule has 0 unspecified atom stereocenters. The van der Waals surface area contributed by atoms with E-state index in [1.54, 1.807) is 37.8 Å². The first-order valence-electron chi connectivity index (χ1n) is 7.82. The monoisotopic (exact) mass is 335 g/mol. The molecule has 0 bridgehead atoms. The molecule has 7 nitrogen and oxygen atoms in total. The van der Waals surface area contributed by atoms with Gasteiger partial charge in [0.05, 0.1) is 18.8 Å². The van der Waals surface area contributed by atoms with E-state index in [1.165, 1.54) is 6.07 Å². The number of benzene rings is 1. The third kappa shape index (κ3) is 2.80. The minimum absolute atomic E-state index is 0.147. The number of nitrogens with zero attached hydrogens (tertiary/aromatic N) is 1. The van der Waals surface area contributed by atoms with Crippen LogP contribution in [-0.2, 0) is 15.0 Å². The van der Waals surface area contributed by atoms with Crippen molar-refractivity contribution in [1.82, 2.24) is 4.90 Å². The number of aromatic carboxylic acids is 1. The molecule has 24 heavy (non-hydrogen) atoms. The lowest BCUT2D eigenvalue weighted by molar-refractivity contribution is -0.0833. The van der Waals surface area contributed by atoms with Gasteiger partial charge >= 0.3 is 12.1 Å². The summed E-state index contributed by atoms with van der Waals surface area (Å²) in [6, 6.07) is 4.66. The van der Waals surface area contributed by atoms with Gasteiger partial charge in [-0.3, -0.25) is 4.90 Å². The Morgan fingerprint density at radius 2 is 2.04 bits per heavy atom. The number of carbonyl (C=O) groups is 2. The van der Waals surface area contributed by atoms with Crippen molar-refractivity contribution in [2.75, 3.05) is 26.4 Å². The minimum Gasteiger partial charge on any atom is -0.490 e. The molecule has 130 valence electrons. The second kappa shape index (κ2) is 5.66. The van der Waals surface area contributed by atoms with Gasteiger partial charge in [0.15, 0.2) is 0 Å². The topological polar surface area (TPSA) is 85.3 Å². The van der Waals surface area contributed by atoms with Crippen LogP contribution in [0.5, 0.6) is 5.75 Å². The Hall–Kier alpha value is -2.28. The van der Waals surface area contributed by atoms with Crippen LogP contribution >= 0.6 is 0 Å². The number of rotatable bonds is 1. The number of hydrogen-bond donors (Lipinski definition) is 1. The fourth-order valence-corrected chi connectivity index (χ4v) is 3.04. The highest BCUT2D eigenvalue weighted by atomic mass is 16.6. The maximum absolute atomic E-state index is 12.7. The third-order valence-corrected chi connectivity index (χ3v) is 4.12. The molecule has 0 aliphatic carbocycles. The van der Waals surface area contributed by atoms with E-state index < -0.39 is 23.2 Å². The molecule has 0 saturated carbocycles. The first-order chi connectivity index (χ1) is 11.2. The second-order valence-corrected chi connectivity index (χ2v) is 7.02. The van der Waals surface area contributed by atoms with Crippen molar-refractivity contribution < 1.29 is 28.9 Å². The highest BCUT2D eigenvalue weighted by molar-refractivity contribution is 5.88. The molecule has 0 radical (unpaired) electrons. The quantitative estimate of drug-likeness (QED) is 0.847. The highest BCUT2D eigenvalue weighted by Gasteiger charge is 2.51. The van der Waals surface area contributed by atoms with E-state index in [0.29, 0.717) is 24.5 Å². The Labute approximate surface area is 140 Å². The molecule has 1 spiro atoms. The van der Waals surface area contributed by atoms with Gasteiger partial charge in [0, 0.05) is 12.1 Å². The van der Waals surface area contributed by atoms with Crippen LogP contribution in [-0.4, -0.2) is 54.0 Å². The van der Waals surface area contributed by atoms with Gasteiger partial charge in [0.25, 0.3) is 0 Å². The van der Waals surface area contributed by atoms with Gasteiger partial charge in [-0.25, -0.2) is 9.59 Å². The van der Waals surface area contributed by atoms with E-state index in [-0.39, 0.29) is 18.8 Å². The molecular weight excluding hydrogens is 314 g/mol. The molecular formula is C17H21NO6. The zero-order chi connectivity index (χ0) is 17.5. The van der Waals surface area contributed by atoms with E-state index >= 15 is 0 Å². The number of carboxylic acids is 1. The molecule has 2 heterocycles. The third-order valence-electron chi connectivity index (χ3n) is 4.12. The summed E-state index contributed by atoms with van der Waals surface area (Å²) in [4.78, 5) is 25.6. The maximum atomic E-state index is 12.7. The van der Waals surface area contributed by atoms with Crippen LogP contribution in [0.15, 0.2) is 18.2 Å². The summed E-state index contributed by atoms with van der Waals surface area (Å²) >= 11 is 0. The van der Waals surface area contributed by atoms with Gasteiger partial charge in [-0.05, 0) is 39.0 Å². The van der Waals surface area contributed by atoms with Crippen LogP contribution in [0, 0.1) is 0 Å². The van der Waals surface area contributed by atoms with Gasteiger partial charge in [-0.15, -0.1) is 0 Å². The number of hydrogen-bond acceptors (Lipinski definition) is 5. The van der Waals surface area contributed by atoms with Crippen molar-refractivity contribution in [3.63, 3.8) is 0 Å². The maximum Gasteiger partial charge on any atom is 0.411 e. The van der Waals surface area contributed by atoms with E-state index in [2.05, 4.69) is 0 Å². The summed E-state index contributed by atoms with van der Waals surface area (Å²) < 4.78 is 16.8. The Balaban J connectivity index is 2.01. The van der Waals surface area contributed by atoms with Crippen LogP contribution in [0.25, 0.3) is 0 Å². The fraction of sp³-hybridized carbons (Fsp3) is 0.529. The normalized spacial score (nSPS) is 22.9. The smallest absolute Gasteiger partial charge is 0.411 e. The van der Waals surface area contributed by atoms with Gasteiger partial charge in [-0.1, -0.05) is 0 Å². The summed E-state index contributed by atoms with van der Waals surface area (Å²) in [7, 11) is 0. The summed E-state index contributed by atoms with van der Waals surface area (Å²) in [5, 5.41) is 9.25. The molecule has 2 aliphatic rings. The number of carbonyl (C=O) groups excluding carboxylic acids is 1. The Kier molecular flexibility index (Phi) is 3.91. The Bertz CT molecular complexity index is 676. The average molecular weight is 335 g/mol. The molecule has 2 aliphatic heterocycles. The molecule has 1 aromatic carbocycles. The number of ether oxygens (including phenoxy) is 3. The van der Waals surface area contributed by atoms with Gasteiger partial charge in [0.2, 0.25) is 0 Å². The van der Waals surface area contributed by atoms with E-state index in [1.807, 2.05) is 0 Å². The van der Waals surface area contributed by atoms with Crippen LogP contribution in [0.3, 0.4) is 0 Å². The van der Waals surface area contributed by atoms with Crippen molar-refractivity contribution >= 4 is 12.1 Å². The van der Waals surface area contributed by atoms with Crippen LogP contribution in [0.1, 0.15) is 36.7 Å². The molecule has 3 rings (SSSR count). The van der Waals surface area contributed by atoms with Gasteiger partial charge < -0.3 is 19.3 Å². The number of carboxylic acid groups (broad SMARTS) is 1. The van der Waals surface area contributed by atoms with Crippen LogP contribution < -0.4 is 4.74 Å². The lowest BCUT2D eigenvalue weighted by Crippen LogP contribution is -2.58. The molecule has 1 amide bonds. The summed E-state index contributed by atoms with van der Waals surface area (Å²) in [6.45, 7) is 6.62. The molecule has 1 aromatic rings. The van der Waals surface area contributed by atoms with E-state index in [4.69, 9.17) is 14.2 Å². The van der Waals surface area contributed by atoms with Crippen molar-refractivity contribution in [3.8, 4) is 5.75 Å². The SMILES string of the molecule is CC(C)(C)OC(=O)N1CCOC[C@@]12COc1ccc(C(=O)O)cc12. The lowest BCUT2D eigenvalue weighted by Gasteiger charge is -2.43. The molecule has 1 fully saturated rings. The molecule has 7 heteroatoms. The zero-order valence-electron chi connectivity index (χ0n) is 14.0. The Morgan fingerprint density at radius 3 is 2.71 bits per heavy atom. The first kappa shape index (κ1) is 16.6. The minimum atomic E-state index is -1.03. The first-order valence-corrected chi connectivity index (χ1v) is 7.82. The number of morpholine rings is 1. The zero-order valence-corrected chi connectivity index (χ0v) is 14.0. The van der Waals surface area contributed by atoms with Crippen molar-refractivity contribution in [2.45, 2.75) is 31.9 Å². The molecule has 1 saturated heterocycles. The fourth-order valence-electron chi connectivity index (χ4n) is 3.04. The number of amides is 1. The van der Waals surface area contributed by atoms with E-state index in [9.17, 15) is 14.7 Å². The Morgan fingerprint density at radius 1 is 1.29 bits per heavy atom. The second-order valence-electron chi connectivity index (χ2n) is 7.02. The standard InChI is InChI=1S/C17H21NO6/c1-16(2,3)24-15(21)18-6-7-22-9-17(18)10-23-13-5-4-11(14(19)20)8-12(13)17/h4-5,8H,6-7,9-10H2,1-3H3,(H,19,20)/t17-/m0/s1. The summed E-state index contributed by atoms with van der Waals surface area (Å²) in [5.41, 5.74) is -0.690. The highest BCUT2D eigenvalue weighted by Crippen LogP contribution is 2.44. The molecule has 0 aromatic heterocycles. The lowest BCUT2D eigenvalue weighted by atomic mass is 9.89. The van der Waals surface area contributed by atoms with Crippen LogP contribution in [0.4, 0.5) is 4.79 Å². The van der Waals surface area contributed by atoms with Crippen molar-refractivity contribution in [3.05, 3.63) is 29.3 Å².